The standard InChI is InChI=1S/C23H25N3O2S/c1-5-28-22-12-18(8-11-21(22)27)14-25-26-20(19-9-6-17(4)7-10-19)15-29-23(26)24-13-16(2)3/h6-12,14-15,27H,2,5,13H2,1,3-4H3. The van der Waals surface area contributed by atoms with Crippen molar-refractivity contribution in [2.45, 2.75) is 20.8 Å². The molecular weight excluding hydrogens is 382 g/mol. The molecule has 1 aromatic heterocycles. The number of phenols is 1. The summed E-state index contributed by atoms with van der Waals surface area (Å²) in [5.74, 6) is 0.558. The fourth-order valence-electron chi connectivity index (χ4n) is 2.65. The Bertz CT molecular complexity index is 1090. The Morgan fingerprint density at radius 3 is 2.69 bits per heavy atom. The van der Waals surface area contributed by atoms with Gasteiger partial charge in [-0.1, -0.05) is 42.0 Å². The third-order valence-electron chi connectivity index (χ3n) is 4.12. The van der Waals surface area contributed by atoms with Crippen LogP contribution in [0.15, 0.2) is 70.1 Å². The van der Waals surface area contributed by atoms with Crippen molar-refractivity contribution in [1.82, 2.24) is 4.68 Å². The SMILES string of the molecule is C=C(C)CN=c1scc(-c2ccc(C)cc2)n1N=Cc1ccc(O)c(OCC)c1. The van der Waals surface area contributed by atoms with Crippen LogP contribution in [0.25, 0.3) is 11.3 Å². The molecule has 0 spiro atoms. The average Bonchev–Trinajstić information content (AvgIpc) is 3.10. The Hall–Kier alpha value is -3.12. The summed E-state index contributed by atoms with van der Waals surface area (Å²) in [7, 11) is 0. The fourth-order valence-corrected chi connectivity index (χ4v) is 3.49. The first kappa shape index (κ1) is 20.6. The van der Waals surface area contributed by atoms with E-state index < -0.39 is 0 Å². The molecule has 6 heteroatoms. The van der Waals surface area contributed by atoms with Gasteiger partial charge in [-0.3, -0.25) is 4.99 Å². The molecule has 0 aliphatic carbocycles. The van der Waals surface area contributed by atoms with Gasteiger partial charge in [0.25, 0.3) is 0 Å². The average molecular weight is 408 g/mol. The fraction of sp³-hybridized carbons (Fsp3) is 0.217. The third-order valence-corrected chi connectivity index (χ3v) is 4.98. The third kappa shape index (κ3) is 5.23. The number of hydrogen-bond donors (Lipinski definition) is 1. The lowest BCUT2D eigenvalue weighted by Crippen LogP contribution is -2.13. The van der Waals surface area contributed by atoms with Gasteiger partial charge in [0.05, 0.1) is 25.1 Å². The second-order valence-corrected chi connectivity index (χ2v) is 7.60. The van der Waals surface area contributed by atoms with Crippen LogP contribution in [0.4, 0.5) is 0 Å². The molecule has 0 saturated carbocycles. The number of rotatable bonds is 7. The lowest BCUT2D eigenvalue weighted by atomic mass is 10.1. The number of hydrogen-bond acceptors (Lipinski definition) is 5. The maximum absolute atomic E-state index is 9.90. The smallest absolute Gasteiger partial charge is 0.206 e. The highest BCUT2D eigenvalue weighted by molar-refractivity contribution is 7.07. The minimum atomic E-state index is 0.115. The molecule has 0 radical (unpaired) electrons. The van der Waals surface area contributed by atoms with Gasteiger partial charge in [-0.2, -0.15) is 5.10 Å². The van der Waals surface area contributed by atoms with E-state index >= 15 is 0 Å². The van der Waals surface area contributed by atoms with E-state index in [9.17, 15) is 5.11 Å². The van der Waals surface area contributed by atoms with Crippen molar-refractivity contribution in [1.29, 1.82) is 0 Å². The summed E-state index contributed by atoms with van der Waals surface area (Å²) in [6.07, 6.45) is 1.74. The van der Waals surface area contributed by atoms with Crippen molar-refractivity contribution >= 4 is 17.6 Å². The molecule has 3 aromatic rings. The van der Waals surface area contributed by atoms with Gasteiger partial charge < -0.3 is 9.84 Å². The highest BCUT2D eigenvalue weighted by Gasteiger charge is 2.08. The summed E-state index contributed by atoms with van der Waals surface area (Å²) in [4.78, 5) is 5.44. The van der Waals surface area contributed by atoms with Gasteiger partial charge in [-0.15, -0.1) is 11.3 Å². The largest absolute Gasteiger partial charge is 0.504 e. The summed E-state index contributed by atoms with van der Waals surface area (Å²) >= 11 is 1.54. The van der Waals surface area contributed by atoms with E-state index in [1.54, 1.807) is 35.8 Å². The number of aromatic hydroxyl groups is 1. The van der Waals surface area contributed by atoms with Crippen LogP contribution >= 0.6 is 11.3 Å². The molecule has 0 aliphatic rings. The Balaban J connectivity index is 2.04. The molecule has 3 rings (SSSR count). The quantitative estimate of drug-likeness (QED) is 0.443. The van der Waals surface area contributed by atoms with Gasteiger partial charge in [-0.05, 0) is 44.5 Å². The Labute approximate surface area is 175 Å². The normalized spacial score (nSPS) is 11.9. The van der Waals surface area contributed by atoms with Crippen LogP contribution in [-0.4, -0.2) is 29.1 Å². The first-order valence-corrected chi connectivity index (χ1v) is 10.3. The summed E-state index contributed by atoms with van der Waals surface area (Å²) in [6, 6.07) is 13.5. The minimum Gasteiger partial charge on any atom is -0.504 e. The monoisotopic (exact) mass is 407 g/mol. The highest BCUT2D eigenvalue weighted by atomic mass is 32.1. The number of aryl methyl sites for hydroxylation is 1. The number of aromatic nitrogens is 1. The van der Waals surface area contributed by atoms with Gasteiger partial charge >= 0.3 is 0 Å². The molecule has 1 N–H and O–H groups in total. The van der Waals surface area contributed by atoms with Gasteiger partial charge in [0.2, 0.25) is 4.80 Å². The lowest BCUT2D eigenvalue weighted by Gasteiger charge is -2.07. The summed E-state index contributed by atoms with van der Waals surface area (Å²) < 4.78 is 7.30. The van der Waals surface area contributed by atoms with Gasteiger partial charge in [0.15, 0.2) is 11.5 Å². The van der Waals surface area contributed by atoms with Crippen LogP contribution in [0.2, 0.25) is 0 Å². The lowest BCUT2D eigenvalue weighted by molar-refractivity contribution is 0.318. The zero-order valence-corrected chi connectivity index (χ0v) is 17.7. The van der Waals surface area contributed by atoms with Gasteiger partial charge in [0.1, 0.15) is 0 Å². The first-order valence-electron chi connectivity index (χ1n) is 9.40. The van der Waals surface area contributed by atoms with E-state index in [0.29, 0.717) is 18.9 Å². The van der Waals surface area contributed by atoms with E-state index in [2.05, 4.69) is 53.2 Å². The topological polar surface area (TPSA) is 59.1 Å². The van der Waals surface area contributed by atoms with Crippen molar-refractivity contribution in [3.05, 3.63) is 75.9 Å². The van der Waals surface area contributed by atoms with E-state index in [1.807, 2.05) is 18.5 Å². The predicted octanol–water partition coefficient (Wildman–Crippen LogP) is 4.99. The van der Waals surface area contributed by atoms with E-state index in [-0.39, 0.29) is 5.75 Å². The van der Waals surface area contributed by atoms with Crippen LogP contribution in [0, 0.1) is 6.92 Å². The molecule has 0 fully saturated rings. The van der Waals surface area contributed by atoms with Crippen LogP contribution in [0.5, 0.6) is 11.5 Å². The Morgan fingerprint density at radius 2 is 2.00 bits per heavy atom. The van der Waals surface area contributed by atoms with Crippen molar-refractivity contribution < 1.29 is 9.84 Å². The summed E-state index contributed by atoms with van der Waals surface area (Å²) in [6.45, 7) is 10.9. The minimum absolute atomic E-state index is 0.115. The molecule has 29 heavy (non-hydrogen) atoms. The van der Waals surface area contributed by atoms with Crippen molar-refractivity contribution in [2.75, 3.05) is 13.2 Å². The van der Waals surface area contributed by atoms with Crippen LogP contribution in [-0.2, 0) is 0 Å². The van der Waals surface area contributed by atoms with E-state index in [1.165, 1.54) is 5.56 Å². The molecule has 0 aliphatic heterocycles. The summed E-state index contributed by atoms with van der Waals surface area (Å²) in [5, 5.41) is 16.6. The van der Waals surface area contributed by atoms with Crippen molar-refractivity contribution in [3.63, 3.8) is 0 Å². The van der Waals surface area contributed by atoms with Crippen LogP contribution < -0.4 is 9.54 Å². The second kappa shape index (κ2) is 9.39. The molecule has 1 heterocycles. The molecule has 0 unspecified atom stereocenters. The van der Waals surface area contributed by atoms with Crippen LogP contribution in [0.3, 0.4) is 0 Å². The molecule has 0 bridgehead atoms. The van der Waals surface area contributed by atoms with E-state index in [0.717, 1.165) is 27.2 Å². The maximum Gasteiger partial charge on any atom is 0.206 e. The Kier molecular flexibility index (Phi) is 6.67. The van der Waals surface area contributed by atoms with Gasteiger partial charge in [0, 0.05) is 10.9 Å². The zero-order chi connectivity index (χ0) is 20.8. The molecule has 5 nitrogen and oxygen atoms in total. The molecule has 0 saturated heterocycles. The number of benzene rings is 2. The molecular formula is C23H25N3O2S. The van der Waals surface area contributed by atoms with Crippen molar-refractivity contribution in [3.8, 4) is 22.8 Å². The summed E-state index contributed by atoms with van der Waals surface area (Å²) in [5.41, 5.74) is 5.06. The second-order valence-electron chi connectivity index (χ2n) is 6.76. The maximum atomic E-state index is 9.90. The number of nitrogens with zero attached hydrogens (tertiary/aromatic N) is 3. The number of phenolic OH excluding ortho intramolecular Hbond substituents is 1. The highest BCUT2D eigenvalue weighted by Crippen LogP contribution is 2.26. The molecule has 2 aromatic carbocycles. The van der Waals surface area contributed by atoms with Crippen molar-refractivity contribution in [2.24, 2.45) is 10.1 Å². The first-order chi connectivity index (χ1) is 14.0. The molecule has 0 atom stereocenters. The van der Waals surface area contributed by atoms with E-state index in [4.69, 9.17) is 4.74 Å². The van der Waals surface area contributed by atoms with Crippen LogP contribution in [0.1, 0.15) is 25.0 Å². The number of ether oxygens (including phenoxy) is 1. The zero-order valence-electron chi connectivity index (χ0n) is 16.9. The molecule has 150 valence electrons. The van der Waals surface area contributed by atoms with Gasteiger partial charge in [-0.25, -0.2) is 4.68 Å². The predicted molar refractivity (Wildman–Crippen MR) is 120 cm³/mol. The Morgan fingerprint density at radius 1 is 1.24 bits per heavy atom. The number of thiazole rings is 1. The molecule has 0 amide bonds.